The van der Waals surface area contributed by atoms with Gasteiger partial charge in [0.05, 0.1) is 4.91 Å². The number of hydrogen-bond acceptors (Lipinski definition) is 4. The van der Waals surface area contributed by atoms with Crippen LogP contribution in [0.5, 0.6) is 0 Å². The van der Waals surface area contributed by atoms with Crippen LogP contribution in [-0.2, 0) is 4.79 Å². The lowest BCUT2D eigenvalue weighted by atomic mass is 10.0. The number of aliphatic hydroxyl groups excluding tert-OH is 1. The molecule has 5 heteroatoms. The van der Waals surface area contributed by atoms with Crippen molar-refractivity contribution in [2.45, 2.75) is 19.8 Å². The van der Waals surface area contributed by atoms with E-state index in [2.05, 4.69) is 26.0 Å². The minimum atomic E-state index is -0.367. The Morgan fingerprint density at radius 2 is 2.00 bits per heavy atom. The minimum absolute atomic E-state index is 0.231. The Hall–Kier alpha value is -1.17. The van der Waals surface area contributed by atoms with Crippen LogP contribution in [-0.4, -0.2) is 27.0 Å². The molecule has 0 aromatic heterocycles. The van der Waals surface area contributed by atoms with E-state index in [1.165, 1.54) is 22.2 Å². The van der Waals surface area contributed by atoms with Gasteiger partial charge in [0.15, 0.2) is 0 Å². The standard InChI is InChI=1S/C14H15NO2S2/c1-9(2)11-5-3-10(4-6-11)7-12-13(17)15(8-16)14(18)19-12/h3-7,9,16H,8H2,1-2H3. The molecular weight excluding hydrogens is 278 g/mol. The van der Waals surface area contributed by atoms with Gasteiger partial charge in [-0.1, -0.05) is 62.1 Å². The fraction of sp³-hybridized carbons (Fsp3) is 0.286. The molecule has 0 atom stereocenters. The number of hydrogen-bond donors (Lipinski definition) is 1. The molecule has 1 heterocycles. The van der Waals surface area contributed by atoms with Crippen molar-refractivity contribution in [2.24, 2.45) is 0 Å². The Kier molecular flexibility index (Phi) is 4.39. The van der Waals surface area contributed by atoms with E-state index in [1.54, 1.807) is 6.08 Å². The molecule has 0 saturated carbocycles. The van der Waals surface area contributed by atoms with Crippen LogP contribution in [0.25, 0.3) is 6.08 Å². The number of nitrogens with zero attached hydrogens (tertiary/aromatic N) is 1. The lowest BCUT2D eigenvalue weighted by Crippen LogP contribution is -2.28. The molecule has 1 N–H and O–H groups in total. The second-order valence-corrected chi connectivity index (χ2v) is 6.25. The fourth-order valence-electron chi connectivity index (χ4n) is 1.75. The Bertz CT molecular complexity index is 535. The van der Waals surface area contributed by atoms with E-state index in [0.29, 0.717) is 15.1 Å². The molecule has 19 heavy (non-hydrogen) atoms. The number of aliphatic hydroxyl groups is 1. The Morgan fingerprint density at radius 3 is 2.47 bits per heavy atom. The van der Waals surface area contributed by atoms with Gasteiger partial charge in [-0.3, -0.25) is 9.69 Å². The lowest BCUT2D eigenvalue weighted by Gasteiger charge is -2.08. The van der Waals surface area contributed by atoms with E-state index in [0.717, 1.165) is 5.56 Å². The zero-order valence-corrected chi connectivity index (χ0v) is 12.4. The smallest absolute Gasteiger partial charge is 0.268 e. The van der Waals surface area contributed by atoms with Gasteiger partial charge in [-0.05, 0) is 23.1 Å². The maximum atomic E-state index is 11.9. The van der Waals surface area contributed by atoms with Crippen molar-refractivity contribution in [2.75, 3.05) is 6.73 Å². The van der Waals surface area contributed by atoms with E-state index in [9.17, 15) is 4.79 Å². The summed E-state index contributed by atoms with van der Waals surface area (Å²) in [5.41, 5.74) is 2.22. The van der Waals surface area contributed by atoms with Crippen molar-refractivity contribution in [1.82, 2.24) is 4.90 Å². The Labute approximate surface area is 122 Å². The van der Waals surface area contributed by atoms with Crippen LogP contribution in [0, 0.1) is 0 Å². The average molecular weight is 293 g/mol. The second kappa shape index (κ2) is 5.86. The van der Waals surface area contributed by atoms with Crippen LogP contribution in [0.1, 0.15) is 30.9 Å². The molecule has 3 nitrogen and oxygen atoms in total. The molecule has 0 bridgehead atoms. The number of carbonyl (C=O) groups is 1. The third-order valence-corrected chi connectivity index (χ3v) is 4.29. The van der Waals surface area contributed by atoms with Crippen LogP contribution >= 0.6 is 24.0 Å². The van der Waals surface area contributed by atoms with Gasteiger partial charge in [-0.2, -0.15) is 0 Å². The predicted octanol–water partition coefficient (Wildman–Crippen LogP) is 2.96. The molecule has 1 saturated heterocycles. The molecule has 0 unspecified atom stereocenters. The highest BCUT2D eigenvalue weighted by molar-refractivity contribution is 8.26. The molecule has 0 radical (unpaired) electrons. The first-order chi connectivity index (χ1) is 9.02. The molecule has 1 aromatic carbocycles. The SMILES string of the molecule is CC(C)c1ccc(C=C2SC(=S)N(CO)C2=O)cc1. The molecule has 1 fully saturated rings. The van der Waals surface area contributed by atoms with Crippen LogP contribution in [0.3, 0.4) is 0 Å². The summed E-state index contributed by atoms with van der Waals surface area (Å²) in [5, 5.41) is 9.07. The Morgan fingerprint density at radius 1 is 1.37 bits per heavy atom. The summed E-state index contributed by atoms with van der Waals surface area (Å²) in [7, 11) is 0. The van der Waals surface area contributed by atoms with Crippen LogP contribution in [0.2, 0.25) is 0 Å². The van der Waals surface area contributed by atoms with Crippen molar-refractivity contribution >= 4 is 40.3 Å². The van der Waals surface area contributed by atoms with E-state index in [4.69, 9.17) is 17.3 Å². The van der Waals surface area contributed by atoms with E-state index in [-0.39, 0.29) is 12.6 Å². The maximum absolute atomic E-state index is 11.9. The highest BCUT2D eigenvalue weighted by Crippen LogP contribution is 2.32. The lowest BCUT2D eigenvalue weighted by molar-refractivity contribution is -0.124. The molecular formula is C14H15NO2S2. The van der Waals surface area contributed by atoms with E-state index in [1.807, 2.05) is 12.1 Å². The third kappa shape index (κ3) is 3.05. The van der Waals surface area contributed by atoms with Gasteiger partial charge in [0.25, 0.3) is 5.91 Å². The maximum Gasteiger partial charge on any atom is 0.268 e. The number of rotatable bonds is 3. The summed E-state index contributed by atoms with van der Waals surface area (Å²) in [6.07, 6.45) is 1.80. The summed E-state index contributed by atoms with van der Waals surface area (Å²) in [6, 6.07) is 8.09. The van der Waals surface area contributed by atoms with Gasteiger partial charge in [0.2, 0.25) is 0 Å². The number of amides is 1. The molecule has 1 aliphatic rings. The van der Waals surface area contributed by atoms with Crippen LogP contribution in [0.15, 0.2) is 29.2 Å². The summed E-state index contributed by atoms with van der Waals surface area (Å²) in [6.45, 7) is 3.91. The average Bonchev–Trinajstić information content (AvgIpc) is 2.64. The predicted molar refractivity (Wildman–Crippen MR) is 82.6 cm³/mol. The van der Waals surface area contributed by atoms with Gasteiger partial charge in [-0.25, -0.2) is 0 Å². The number of thioether (sulfide) groups is 1. The summed E-state index contributed by atoms with van der Waals surface area (Å²) in [4.78, 5) is 13.7. The first-order valence-corrected chi connectivity index (χ1v) is 7.21. The van der Waals surface area contributed by atoms with Gasteiger partial charge in [0.1, 0.15) is 11.1 Å². The van der Waals surface area contributed by atoms with Crippen molar-refractivity contribution in [3.05, 3.63) is 40.3 Å². The monoisotopic (exact) mass is 293 g/mol. The molecule has 2 rings (SSSR count). The van der Waals surface area contributed by atoms with Crippen molar-refractivity contribution in [1.29, 1.82) is 0 Å². The number of thiocarbonyl (C=S) groups is 1. The molecule has 0 aliphatic carbocycles. The molecule has 1 aliphatic heterocycles. The summed E-state index contributed by atoms with van der Waals surface area (Å²) in [5.74, 6) is 0.257. The second-order valence-electron chi connectivity index (χ2n) is 4.57. The van der Waals surface area contributed by atoms with Crippen molar-refractivity contribution < 1.29 is 9.90 Å². The van der Waals surface area contributed by atoms with Gasteiger partial charge >= 0.3 is 0 Å². The first kappa shape index (κ1) is 14.2. The van der Waals surface area contributed by atoms with Gasteiger partial charge in [-0.15, -0.1) is 0 Å². The zero-order chi connectivity index (χ0) is 14.0. The van der Waals surface area contributed by atoms with Crippen molar-refractivity contribution in [3.63, 3.8) is 0 Å². The van der Waals surface area contributed by atoms with Crippen LogP contribution < -0.4 is 0 Å². The van der Waals surface area contributed by atoms with E-state index < -0.39 is 0 Å². The third-order valence-electron chi connectivity index (χ3n) is 2.92. The van der Waals surface area contributed by atoms with Crippen LogP contribution in [0.4, 0.5) is 0 Å². The summed E-state index contributed by atoms with van der Waals surface area (Å²) < 4.78 is 0.401. The number of carbonyl (C=O) groups excluding carboxylic acids is 1. The Balaban J connectivity index is 2.22. The highest BCUT2D eigenvalue weighted by Gasteiger charge is 2.31. The molecule has 1 amide bonds. The van der Waals surface area contributed by atoms with Gasteiger partial charge in [0, 0.05) is 0 Å². The van der Waals surface area contributed by atoms with E-state index >= 15 is 0 Å². The fourth-order valence-corrected chi connectivity index (χ4v) is 2.99. The largest absolute Gasteiger partial charge is 0.376 e. The summed E-state index contributed by atoms with van der Waals surface area (Å²) >= 11 is 6.25. The topological polar surface area (TPSA) is 40.5 Å². The van der Waals surface area contributed by atoms with Crippen molar-refractivity contribution in [3.8, 4) is 0 Å². The molecule has 1 aromatic rings. The molecule has 100 valence electrons. The van der Waals surface area contributed by atoms with Gasteiger partial charge < -0.3 is 5.11 Å². The highest BCUT2D eigenvalue weighted by atomic mass is 32.2. The zero-order valence-electron chi connectivity index (χ0n) is 10.8. The quantitative estimate of drug-likeness (QED) is 0.687. The first-order valence-electron chi connectivity index (χ1n) is 5.99. The number of benzene rings is 1. The molecule has 0 spiro atoms. The minimum Gasteiger partial charge on any atom is -0.376 e. The normalized spacial score (nSPS) is 17.9.